The van der Waals surface area contributed by atoms with Crippen LogP contribution in [0, 0.1) is 0 Å². The van der Waals surface area contributed by atoms with E-state index in [1.807, 2.05) is 55.5 Å². The summed E-state index contributed by atoms with van der Waals surface area (Å²) in [6, 6.07) is 15.1. The Morgan fingerprint density at radius 1 is 1.20 bits per heavy atom. The molecule has 0 radical (unpaired) electrons. The molecule has 1 atom stereocenters. The fourth-order valence-electron chi connectivity index (χ4n) is 2.94. The number of carbonyl (C=O) groups excluding carboxylic acids is 1. The van der Waals surface area contributed by atoms with E-state index in [-0.39, 0.29) is 11.9 Å². The zero-order valence-corrected chi connectivity index (χ0v) is 17.2. The standard InChI is InChI=1S/C23H26N4O3/c1-3-13-30-21-11-9-18(14-22(21)29-2)10-12-23(28)26-20(15-27-17-24-16-25-27)19-7-5-4-6-8-19/h4-12,14,16-17,20H,3,13,15H2,1-2H3,(H,26,28)/b12-10+. The Morgan fingerprint density at radius 3 is 2.73 bits per heavy atom. The Kier molecular flexibility index (Phi) is 7.60. The Hall–Kier alpha value is -3.61. The van der Waals surface area contributed by atoms with E-state index in [1.165, 1.54) is 12.4 Å². The summed E-state index contributed by atoms with van der Waals surface area (Å²) < 4.78 is 12.8. The van der Waals surface area contributed by atoms with Crippen molar-refractivity contribution < 1.29 is 14.3 Å². The van der Waals surface area contributed by atoms with Gasteiger partial charge in [0.1, 0.15) is 12.7 Å². The predicted octanol–water partition coefficient (Wildman–Crippen LogP) is 3.65. The van der Waals surface area contributed by atoms with Crippen molar-refractivity contribution in [2.24, 2.45) is 0 Å². The molecule has 2 aromatic carbocycles. The SMILES string of the molecule is CCCOc1ccc(/C=C/C(=O)NC(Cn2cncn2)c2ccccc2)cc1OC. The Balaban J connectivity index is 1.69. The lowest BCUT2D eigenvalue weighted by molar-refractivity contribution is -0.117. The first-order valence-electron chi connectivity index (χ1n) is 9.86. The summed E-state index contributed by atoms with van der Waals surface area (Å²) in [5.41, 5.74) is 1.84. The highest BCUT2D eigenvalue weighted by molar-refractivity contribution is 5.92. The summed E-state index contributed by atoms with van der Waals surface area (Å²) in [4.78, 5) is 16.6. The van der Waals surface area contributed by atoms with Crippen LogP contribution in [0.3, 0.4) is 0 Å². The van der Waals surface area contributed by atoms with Gasteiger partial charge in [-0.1, -0.05) is 43.3 Å². The van der Waals surface area contributed by atoms with Gasteiger partial charge in [0.15, 0.2) is 11.5 Å². The molecule has 0 bridgehead atoms. The molecule has 3 rings (SSSR count). The molecule has 0 saturated carbocycles. The lowest BCUT2D eigenvalue weighted by atomic mass is 10.1. The van der Waals surface area contributed by atoms with Crippen LogP contribution in [0.4, 0.5) is 0 Å². The van der Waals surface area contributed by atoms with Crippen LogP contribution in [0.2, 0.25) is 0 Å². The lowest BCUT2D eigenvalue weighted by Crippen LogP contribution is -2.30. The van der Waals surface area contributed by atoms with Crippen LogP contribution < -0.4 is 14.8 Å². The number of ether oxygens (including phenoxy) is 2. The Morgan fingerprint density at radius 2 is 2.03 bits per heavy atom. The fraction of sp³-hybridized carbons (Fsp3) is 0.261. The molecule has 7 heteroatoms. The lowest BCUT2D eigenvalue weighted by Gasteiger charge is -2.18. The van der Waals surface area contributed by atoms with Gasteiger partial charge < -0.3 is 14.8 Å². The minimum atomic E-state index is -0.232. The molecule has 0 saturated heterocycles. The molecule has 1 unspecified atom stereocenters. The molecule has 3 aromatic rings. The van der Waals surface area contributed by atoms with E-state index in [0.29, 0.717) is 24.7 Å². The van der Waals surface area contributed by atoms with Crippen LogP contribution in [0.5, 0.6) is 11.5 Å². The van der Waals surface area contributed by atoms with Crippen molar-refractivity contribution in [3.8, 4) is 11.5 Å². The number of nitrogens with one attached hydrogen (secondary N) is 1. The quantitative estimate of drug-likeness (QED) is 0.520. The second kappa shape index (κ2) is 10.8. The number of carbonyl (C=O) groups is 1. The normalized spacial score (nSPS) is 11.9. The molecule has 1 N–H and O–H groups in total. The van der Waals surface area contributed by atoms with E-state index in [0.717, 1.165) is 17.5 Å². The van der Waals surface area contributed by atoms with Crippen molar-refractivity contribution in [2.75, 3.05) is 13.7 Å². The molecule has 0 aliphatic rings. The maximum absolute atomic E-state index is 12.6. The molecular weight excluding hydrogens is 380 g/mol. The monoisotopic (exact) mass is 406 g/mol. The maximum Gasteiger partial charge on any atom is 0.244 e. The van der Waals surface area contributed by atoms with Crippen molar-refractivity contribution in [3.05, 3.63) is 78.4 Å². The van der Waals surface area contributed by atoms with Crippen LogP contribution in [-0.4, -0.2) is 34.4 Å². The number of rotatable bonds is 10. The summed E-state index contributed by atoms with van der Waals surface area (Å²) in [6.07, 6.45) is 7.29. The van der Waals surface area contributed by atoms with Gasteiger partial charge in [-0.25, -0.2) is 4.98 Å². The molecule has 0 aliphatic heterocycles. The van der Waals surface area contributed by atoms with Gasteiger partial charge in [0.05, 0.1) is 26.3 Å². The summed E-state index contributed by atoms with van der Waals surface area (Å²) >= 11 is 0. The van der Waals surface area contributed by atoms with Crippen molar-refractivity contribution in [1.82, 2.24) is 20.1 Å². The number of amides is 1. The molecule has 1 aromatic heterocycles. The molecule has 0 fully saturated rings. The third-order valence-corrected chi connectivity index (χ3v) is 4.43. The number of benzene rings is 2. The largest absolute Gasteiger partial charge is 0.493 e. The molecule has 156 valence electrons. The Bertz CT molecular complexity index is 956. The highest BCUT2D eigenvalue weighted by atomic mass is 16.5. The Labute approximate surface area is 176 Å². The topological polar surface area (TPSA) is 78.3 Å². The number of methoxy groups -OCH3 is 1. The van der Waals surface area contributed by atoms with Crippen molar-refractivity contribution in [1.29, 1.82) is 0 Å². The smallest absolute Gasteiger partial charge is 0.244 e. The number of aromatic nitrogens is 3. The summed E-state index contributed by atoms with van der Waals surface area (Å²) in [5.74, 6) is 1.13. The van der Waals surface area contributed by atoms with Gasteiger partial charge in [0, 0.05) is 6.08 Å². The highest BCUT2D eigenvalue weighted by Gasteiger charge is 2.14. The van der Waals surface area contributed by atoms with Gasteiger partial charge in [0.25, 0.3) is 0 Å². The zero-order chi connectivity index (χ0) is 21.2. The minimum absolute atomic E-state index is 0.200. The first kappa shape index (κ1) is 21.1. The average molecular weight is 406 g/mol. The average Bonchev–Trinajstić information content (AvgIpc) is 3.30. The van der Waals surface area contributed by atoms with E-state index >= 15 is 0 Å². The summed E-state index contributed by atoms with van der Waals surface area (Å²) in [7, 11) is 1.60. The fourth-order valence-corrected chi connectivity index (χ4v) is 2.94. The third-order valence-electron chi connectivity index (χ3n) is 4.43. The molecule has 0 spiro atoms. The van der Waals surface area contributed by atoms with E-state index in [2.05, 4.69) is 15.4 Å². The van der Waals surface area contributed by atoms with E-state index in [9.17, 15) is 4.79 Å². The van der Waals surface area contributed by atoms with Gasteiger partial charge in [-0.3, -0.25) is 9.48 Å². The molecule has 1 amide bonds. The van der Waals surface area contributed by atoms with Gasteiger partial charge in [-0.2, -0.15) is 5.10 Å². The highest BCUT2D eigenvalue weighted by Crippen LogP contribution is 2.28. The third kappa shape index (κ3) is 5.94. The molecule has 0 aliphatic carbocycles. The molecule has 1 heterocycles. The number of nitrogens with zero attached hydrogens (tertiary/aromatic N) is 3. The minimum Gasteiger partial charge on any atom is -0.493 e. The van der Waals surface area contributed by atoms with Gasteiger partial charge in [0.2, 0.25) is 5.91 Å². The van der Waals surface area contributed by atoms with Crippen LogP contribution in [0.1, 0.15) is 30.5 Å². The molecule has 7 nitrogen and oxygen atoms in total. The first-order chi connectivity index (χ1) is 14.7. The van der Waals surface area contributed by atoms with Crippen molar-refractivity contribution >= 4 is 12.0 Å². The summed E-state index contributed by atoms with van der Waals surface area (Å²) in [5, 5.41) is 7.18. The van der Waals surface area contributed by atoms with Crippen LogP contribution >= 0.6 is 0 Å². The van der Waals surface area contributed by atoms with Crippen LogP contribution in [0.15, 0.2) is 67.3 Å². The van der Waals surface area contributed by atoms with Crippen molar-refractivity contribution in [3.63, 3.8) is 0 Å². The van der Waals surface area contributed by atoms with Gasteiger partial charge >= 0.3 is 0 Å². The second-order valence-corrected chi connectivity index (χ2v) is 6.68. The molecular formula is C23H26N4O3. The number of hydrogen-bond acceptors (Lipinski definition) is 5. The first-order valence-corrected chi connectivity index (χ1v) is 9.86. The number of hydrogen-bond donors (Lipinski definition) is 1. The van der Waals surface area contributed by atoms with E-state index in [4.69, 9.17) is 9.47 Å². The van der Waals surface area contributed by atoms with Gasteiger partial charge in [-0.05, 0) is 35.8 Å². The van der Waals surface area contributed by atoms with Gasteiger partial charge in [-0.15, -0.1) is 0 Å². The van der Waals surface area contributed by atoms with Crippen LogP contribution in [-0.2, 0) is 11.3 Å². The second-order valence-electron chi connectivity index (χ2n) is 6.68. The van der Waals surface area contributed by atoms with E-state index in [1.54, 1.807) is 24.2 Å². The van der Waals surface area contributed by atoms with Crippen LogP contribution in [0.25, 0.3) is 6.08 Å². The predicted molar refractivity (Wildman–Crippen MR) is 115 cm³/mol. The maximum atomic E-state index is 12.6. The zero-order valence-electron chi connectivity index (χ0n) is 17.2. The summed E-state index contributed by atoms with van der Waals surface area (Å²) in [6.45, 7) is 3.16. The van der Waals surface area contributed by atoms with E-state index < -0.39 is 0 Å². The van der Waals surface area contributed by atoms with Crippen molar-refractivity contribution in [2.45, 2.75) is 25.9 Å². The molecule has 30 heavy (non-hydrogen) atoms.